The quantitative estimate of drug-likeness (QED) is 0.116. The highest BCUT2D eigenvalue weighted by Gasteiger charge is 2.32. The summed E-state index contributed by atoms with van der Waals surface area (Å²) in [6.07, 6.45) is 5.46. The SMILES string of the molecule is Cn1cc([C@H]2CC[C@@H](CN3CCN(CCOCCOCCCc4ccc5c(c4)n(C)c(=O)n5[C@H]4CCC(=O)NC4=O)CC3)CC2)c2cnc(NCCC(F)(F)F)nc21. The largest absolute Gasteiger partial charge is 0.390 e. The predicted octanol–water partition coefficient (Wildman–Crippen LogP) is 4.52. The van der Waals surface area contributed by atoms with Crippen LogP contribution in [0.15, 0.2) is 35.4 Å². The van der Waals surface area contributed by atoms with Crippen molar-refractivity contribution in [2.75, 3.05) is 77.6 Å². The third-order valence-corrected chi connectivity index (χ3v) is 12.1. The summed E-state index contributed by atoms with van der Waals surface area (Å²) in [7, 11) is 3.64. The maximum Gasteiger partial charge on any atom is 0.390 e. The zero-order valence-corrected chi connectivity index (χ0v) is 33.6. The number of carbonyl (C=O) groups excluding carboxylic acids is 2. The van der Waals surface area contributed by atoms with Crippen molar-refractivity contribution in [2.45, 2.75) is 75.9 Å². The second-order valence-corrected chi connectivity index (χ2v) is 16.1. The van der Waals surface area contributed by atoms with E-state index in [1.165, 1.54) is 23.0 Å². The number of rotatable bonds is 17. The molecule has 58 heavy (non-hydrogen) atoms. The number of fused-ring (bicyclic) bond motifs is 2. The lowest BCUT2D eigenvalue weighted by atomic mass is 9.78. The van der Waals surface area contributed by atoms with Crippen LogP contribution in [0.5, 0.6) is 0 Å². The summed E-state index contributed by atoms with van der Waals surface area (Å²) in [5.41, 5.74) is 4.26. The molecule has 17 heteroatoms. The zero-order chi connectivity index (χ0) is 40.8. The highest BCUT2D eigenvalue weighted by Crippen LogP contribution is 2.39. The van der Waals surface area contributed by atoms with Crippen molar-refractivity contribution < 1.29 is 32.2 Å². The van der Waals surface area contributed by atoms with Crippen LogP contribution < -0.4 is 16.3 Å². The van der Waals surface area contributed by atoms with E-state index in [9.17, 15) is 27.6 Å². The van der Waals surface area contributed by atoms with Gasteiger partial charge in [-0.15, -0.1) is 0 Å². The van der Waals surface area contributed by atoms with E-state index in [4.69, 9.17) is 9.47 Å². The molecule has 3 aromatic heterocycles. The van der Waals surface area contributed by atoms with Crippen LogP contribution in [0.25, 0.3) is 22.1 Å². The summed E-state index contributed by atoms with van der Waals surface area (Å²) in [4.78, 5) is 51.0. The Hall–Kier alpha value is -4.32. The molecule has 5 heterocycles. The average Bonchev–Trinajstić information content (AvgIpc) is 3.65. The number of hydrogen-bond acceptors (Lipinski definition) is 10. The molecular formula is C41H56F3N9O5. The van der Waals surface area contributed by atoms with Gasteiger partial charge >= 0.3 is 11.9 Å². The Morgan fingerprint density at radius 2 is 1.66 bits per heavy atom. The number of hydrogen-bond donors (Lipinski definition) is 2. The third kappa shape index (κ3) is 10.3. The summed E-state index contributed by atoms with van der Waals surface area (Å²) >= 11 is 0. The van der Waals surface area contributed by atoms with Gasteiger partial charge in [0.25, 0.3) is 0 Å². The van der Waals surface area contributed by atoms with Crippen molar-refractivity contribution in [3.8, 4) is 0 Å². The summed E-state index contributed by atoms with van der Waals surface area (Å²) in [5.74, 6) is 0.601. The summed E-state index contributed by atoms with van der Waals surface area (Å²) in [6.45, 7) is 8.40. The van der Waals surface area contributed by atoms with Gasteiger partial charge in [0.1, 0.15) is 11.7 Å². The molecule has 4 aromatic rings. The van der Waals surface area contributed by atoms with Crippen LogP contribution in [-0.4, -0.2) is 124 Å². The maximum atomic E-state index is 13.0. The van der Waals surface area contributed by atoms with Gasteiger partial charge < -0.3 is 24.3 Å². The molecule has 2 N–H and O–H groups in total. The second-order valence-electron chi connectivity index (χ2n) is 16.1. The lowest BCUT2D eigenvalue weighted by molar-refractivity contribution is -0.136. The first-order chi connectivity index (χ1) is 27.9. The third-order valence-electron chi connectivity index (χ3n) is 12.1. The molecule has 2 aliphatic heterocycles. The Labute approximate surface area is 336 Å². The van der Waals surface area contributed by atoms with Crippen LogP contribution in [0, 0.1) is 5.92 Å². The lowest BCUT2D eigenvalue weighted by Gasteiger charge is -2.38. The van der Waals surface area contributed by atoms with Gasteiger partial charge in [-0.25, -0.2) is 9.78 Å². The Morgan fingerprint density at radius 3 is 2.40 bits per heavy atom. The number of nitrogens with one attached hydrogen (secondary N) is 2. The lowest BCUT2D eigenvalue weighted by Crippen LogP contribution is -2.48. The van der Waals surface area contributed by atoms with Gasteiger partial charge in [-0.1, -0.05) is 6.07 Å². The van der Waals surface area contributed by atoms with Crippen molar-refractivity contribution in [2.24, 2.45) is 20.0 Å². The van der Waals surface area contributed by atoms with E-state index < -0.39 is 24.5 Å². The minimum Gasteiger partial charge on any atom is -0.379 e. The van der Waals surface area contributed by atoms with Crippen LogP contribution in [-0.2, 0) is 39.6 Å². The van der Waals surface area contributed by atoms with E-state index in [0.29, 0.717) is 50.2 Å². The molecular weight excluding hydrogens is 756 g/mol. The fraction of sp³-hybridized carbons (Fsp3) is 0.634. The van der Waals surface area contributed by atoms with Crippen LogP contribution >= 0.6 is 0 Å². The summed E-state index contributed by atoms with van der Waals surface area (Å²) in [6, 6.07) is 5.17. The highest BCUT2D eigenvalue weighted by atomic mass is 19.4. The van der Waals surface area contributed by atoms with Gasteiger partial charge in [-0.05, 0) is 80.0 Å². The molecule has 1 aromatic carbocycles. The Bertz CT molecular complexity index is 2100. The molecule has 0 radical (unpaired) electrons. The van der Waals surface area contributed by atoms with Crippen LogP contribution in [0.1, 0.15) is 74.5 Å². The monoisotopic (exact) mass is 811 g/mol. The van der Waals surface area contributed by atoms with Gasteiger partial charge in [0, 0.05) is 90.7 Å². The number of imide groups is 1. The zero-order valence-electron chi connectivity index (χ0n) is 33.6. The molecule has 7 rings (SSSR count). The fourth-order valence-electron chi connectivity index (χ4n) is 8.82. The van der Waals surface area contributed by atoms with E-state index in [0.717, 1.165) is 87.1 Å². The van der Waals surface area contributed by atoms with Crippen molar-refractivity contribution in [3.05, 3.63) is 52.2 Å². The molecule has 14 nitrogen and oxygen atoms in total. The second kappa shape index (κ2) is 18.7. The number of piperazine rings is 1. The maximum absolute atomic E-state index is 13.0. The van der Waals surface area contributed by atoms with Crippen molar-refractivity contribution >= 4 is 39.8 Å². The number of imidazole rings is 1. The standard InChI is InChI=1S/C41H56F3N9O5/c1-49-27-32(31-25-46-39(48-37(31)49)45-14-13-41(42,43)44)30-8-5-29(6-9-30)26-52-17-15-51(16-18-52)19-21-58-23-22-57-20-3-4-28-7-10-33-35(24-28)50(2)40(56)53(33)34-11-12-36(54)47-38(34)55/h7,10,24-25,27,29-30,34H,3-6,8-9,11-23,26H2,1-2H3,(H,45,46,48)(H,47,54,55)/t29-,30+,34-/m0/s1. The number of piperidine rings is 1. The number of ether oxygens (including phenoxy) is 2. The molecule has 1 aliphatic carbocycles. The molecule has 0 bridgehead atoms. The number of benzene rings is 1. The van der Waals surface area contributed by atoms with E-state index in [2.05, 4.69) is 36.6 Å². The molecule has 0 unspecified atom stereocenters. The molecule has 0 spiro atoms. The molecule has 1 saturated carbocycles. The van der Waals surface area contributed by atoms with Gasteiger partial charge in [0.2, 0.25) is 17.8 Å². The number of aryl methyl sites for hydroxylation is 3. The fourth-order valence-corrected chi connectivity index (χ4v) is 8.82. The van der Waals surface area contributed by atoms with Crippen molar-refractivity contribution in [1.82, 2.24) is 38.8 Å². The van der Waals surface area contributed by atoms with E-state index >= 15 is 0 Å². The number of amides is 2. The number of carbonyl (C=O) groups is 2. The summed E-state index contributed by atoms with van der Waals surface area (Å²) in [5, 5.41) is 6.04. The highest BCUT2D eigenvalue weighted by molar-refractivity contribution is 6.00. The van der Waals surface area contributed by atoms with Gasteiger partial charge in [-0.2, -0.15) is 18.2 Å². The summed E-state index contributed by atoms with van der Waals surface area (Å²) < 4.78 is 54.4. The Balaban J connectivity index is 0.736. The predicted molar refractivity (Wildman–Crippen MR) is 214 cm³/mol. The molecule has 3 aliphatic rings. The molecule has 316 valence electrons. The first-order valence-electron chi connectivity index (χ1n) is 20.7. The number of aromatic nitrogens is 5. The van der Waals surface area contributed by atoms with Gasteiger partial charge in [0.15, 0.2) is 0 Å². The normalized spacial score (nSPS) is 21.3. The molecule has 3 fully saturated rings. The Morgan fingerprint density at radius 1 is 0.914 bits per heavy atom. The van der Waals surface area contributed by atoms with Crippen LogP contribution in [0.3, 0.4) is 0 Å². The first-order valence-corrected chi connectivity index (χ1v) is 20.7. The van der Waals surface area contributed by atoms with Gasteiger partial charge in [0.05, 0.1) is 37.3 Å². The van der Waals surface area contributed by atoms with Crippen molar-refractivity contribution in [3.63, 3.8) is 0 Å². The van der Waals surface area contributed by atoms with Gasteiger partial charge in [-0.3, -0.25) is 28.9 Å². The minimum absolute atomic E-state index is 0.214. The van der Waals surface area contributed by atoms with Crippen LogP contribution in [0.2, 0.25) is 0 Å². The Kier molecular flexibility index (Phi) is 13.5. The smallest absolute Gasteiger partial charge is 0.379 e. The number of nitrogens with zero attached hydrogens (tertiary/aromatic N) is 7. The minimum atomic E-state index is -4.22. The van der Waals surface area contributed by atoms with E-state index in [-0.39, 0.29) is 30.5 Å². The van der Waals surface area contributed by atoms with Crippen molar-refractivity contribution in [1.29, 1.82) is 0 Å². The molecule has 1 atom stereocenters. The number of halogens is 3. The van der Waals surface area contributed by atoms with Crippen LogP contribution in [0.4, 0.5) is 19.1 Å². The van der Waals surface area contributed by atoms with E-state index in [1.54, 1.807) is 17.8 Å². The number of anilines is 1. The topological polar surface area (TPSA) is 141 Å². The molecule has 2 amide bonds. The molecule has 2 saturated heterocycles. The first kappa shape index (κ1) is 41.8. The van der Waals surface area contributed by atoms with E-state index in [1.807, 2.05) is 29.8 Å². The number of alkyl halides is 3. The average molecular weight is 812 g/mol.